The molecule has 0 radical (unpaired) electrons. The maximum absolute atomic E-state index is 2.52. The molecule has 0 amide bonds. The average Bonchev–Trinajstić information content (AvgIpc) is 3.11. The van der Waals surface area contributed by atoms with E-state index >= 15 is 0 Å². The van der Waals surface area contributed by atoms with E-state index in [9.17, 15) is 0 Å². The minimum absolute atomic E-state index is 0.0856. The van der Waals surface area contributed by atoms with E-state index in [1.54, 1.807) is 0 Å². The Balaban J connectivity index is 1.33. The van der Waals surface area contributed by atoms with Crippen LogP contribution in [0, 0.1) is 27.7 Å². The quantitative estimate of drug-likeness (QED) is 0.179. The van der Waals surface area contributed by atoms with Crippen LogP contribution in [-0.2, 0) is 0 Å². The third kappa shape index (κ3) is 4.80. The minimum Gasteiger partial charge on any atom is -0.311 e. The Morgan fingerprint density at radius 2 is 0.918 bits per heavy atom. The molecule has 0 spiro atoms. The van der Waals surface area contributed by atoms with E-state index in [1.807, 2.05) is 0 Å². The normalized spacial score (nSPS) is 12.8. The summed E-state index contributed by atoms with van der Waals surface area (Å²) in [4.78, 5) is 5.01. The van der Waals surface area contributed by atoms with Gasteiger partial charge in [0.2, 0.25) is 0 Å². The van der Waals surface area contributed by atoms with Gasteiger partial charge in [-0.2, -0.15) is 0 Å². The molecule has 0 N–H and O–H groups in total. The molecule has 49 heavy (non-hydrogen) atoms. The Kier molecular flexibility index (Phi) is 6.84. The molecule has 2 aliphatic heterocycles. The Hall–Kier alpha value is -5.80. The lowest BCUT2D eigenvalue weighted by Crippen LogP contribution is -2.62. The van der Waals surface area contributed by atoms with E-state index in [4.69, 9.17) is 0 Å². The van der Waals surface area contributed by atoms with Gasteiger partial charge in [-0.05, 0) is 132 Å². The fourth-order valence-corrected chi connectivity index (χ4v) is 8.33. The molecular formula is C46H37BN2. The largest absolute Gasteiger partial charge is 0.311 e. The molecule has 2 aliphatic rings. The van der Waals surface area contributed by atoms with E-state index in [0.717, 1.165) is 5.69 Å². The molecule has 0 fully saturated rings. The number of aryl methyl sites for hydroxylation is 4. The second-order valence-corrected chi connectivity index (χ2v) is 13.7. The van der Waals surface area contributed by atoms with Gasteiger partial charge in [-0.3, -0.25) is 0 Å². The summed E-state index contributed by atoms with van der Waals surface area (Å²) in [5.41, 5.74) is 21.5. The van der Waals surface area contributed by atoms with Gasteiger partial charge >= 0.3 is 0 Å². The van der Waals surface area contributed by atoms with Crippen molar-refractivity contribution < 1.29 is 0 Å². The predicted octanol–water partition coefficient (Wildman–Crippen LogP) is 10.3. The molecule has 0 bridgehead atoms. The summed E-state index contributed by atoms with van der Waals surface area (Å²) in [6.45, 7) is 9.02. The highest BCUT2D eigenvalue weighted by Crippen LogP contribution is 2.45. The molecular weight excluding hydrogens is 591 g/mol. The first kappa shape index (κ1) is 29.4. The van der Waals surface area contributed by atoms with Gasteiger partial charge in [-0.1, -0.05) is 109 Å². The number of benzene rings is 7. The number of rotatable bonds is 4. The van der Waals surface area contributed by atoms with Crippen LogP contribution in [0.15, 0.2) is 152 Å². The fraction of sp³-hybridized carbons (Fsp3) is 0.0870. The SMILES string of the molecule is Cc1cc(C)cc(N2c3cc(C)cc(C)c3B3c4cc(-c5ccccc5)ccc4N(c4ccc(-c5ccccc5)cc4)c4cccc2c43)c1. The smallest absolute Gasteiger partial charge is 0.252 e. The molecule has 0 atom stereocenters. The van der Waals surface area contributed by atoms with Crippen molar-refractivity contribution in [2.24, 2.45) is 0 Å². The van der Waals surface area contributed by atoms with Gasteiger partial charge in [0.25, 0.3) is 6.71 Å². The summed E-state index contributed by atoms with van der Waals surface area (Å²) in [5.74, 6) is 0. The molecule has 234 valence electrons. The Morgan fingerprint density at radius 1 is 0.367 bits per heavy atom. The summed E-state index contributed by atoms with van der Waals surface area (Å²) < 4.78 is 0. The highest BCUT2D eigenvalue weighted by Gasteiger charge is 2.44. The van der Waals surface area contributed by atoms with E-state index in [0.29, 0.717) is 0 Å². The number of nitrogens with zero attached hydrogens (tertiary/aromatic N) is 2. The van der Waals surface area contributed by atoms with Gasteiger partial charge in [-0.25, -0.2) is 0 Å². The van der Waals surface area contributed by atoms with Crippen molar-refractivity contribution in [3.8, 4) is 22.3 Å². The summed E-state index contributed by atoms with van der Waals surface area (Å²) in [6.07, 6.45) is 0. The molecule has 0 saturated carbocycles. The van der Waals surface area contributed by atoms with Gasteiger partial charge in [0, 0.05) is 34.1 Å². The number of hydrogen-bond donors (Lipinski definition) is 0. The number of anilines is 6. The van der Waals surface area contributed by atoms with Crippen LogP contribution in [-0.4, -0.2) is 6.71 Å². The zero-order valence-corrected chi connectivity index (χ0v) is 28.4. The Bertz CT molecular complexity index is 2360. The molecule has 0 unspecified atom stereocenters. The molecule has 2 heterocycles. The predicted molar refractivity (Wildman–Crippen MR) is 210 cm³/mol. The summed E-state index contributed by atoms with van der Waals surface area (Å²) in [5, 5.41) is 0. The van der Waals surface area contributed by atoms with Crippen LogP contribution in [0.3, 0.4) is 0 Å². The summed E-state index contributed by atoms with van der Waals surface area (Å²) in [7, 11) is 0. The van der Waals surface area contributed by atoms with Crippen molar-refractivity contribution in [3.63, 3.8) is 0 Å². The maximum Gasteiger partial charge on any atom is 0.252 e. The van der Waals surface area contributed by atoms with E-state index < -0.39 is 0 Å². The minimum atomic E-state index is 0.0856. The lowest BCUT2D eigenvalue weighted by atomic mass is 9.32. The third-order valence-electron chi connectivity index (χ3n) is 10.3. The maximum atomic E-state index is 2.52. The van der Waals surface area contributed by atoms with E-state index in [2.05, 4.69) is 189 Å². The van der Waals surface area contributed by atoms with Crippen molar-refractivity contribution in [1.82, 2.24) is 0 Å². The van der Waals surface area contributed by atoms with Crippen LogP contribution >= 0.6 is 0 Å². The molecule has 7 aromatic rings. The van der Waals surface area contributed by atoms with Crippen molar-refractivity contribution in [3.05, 3.63) is 174 Å². The van der Waals surface area contributed by atoms with Crippen molar-refractivity contribution in [1.29, 1.82) is 0 Å². The molecule has 0 aromatic heterocycles. The molecule has 7 aromatic carbocycles. The first-order valence-electron chi connectivity index (χ1n) is 17.2. The first-order chi connectivity index (χ1) is 23.9. The zero-order chi connectivity index (χ0) is 33.2. The second-order valence-electron chi connectivity index (χ2n) is 13.7. The van der Waals surface area contributed by atoms with Gasteiger partial charge in [0.05, 0.1) is 0 Å². The molecule has 3 heteroatoms. The van der Waals surface area contributed by atoms with Crippen LogP contribution in [0.5, 0.6) is 0 Å². The van der Waals surface area contributed by atoms with Crippen LogP contribution in [0.2, 0.25) is 0 Å². The van der Waals surface area contributed by atoms with Crippen LogP contribution < -0.4 is 26.2 Å². The molecule has 9 rings (SSSR count). The van der Waals surface area contributed by atoms with Crippen LogP contribution in [0.25, 0.3) is 22.3 Å². The molecule has 0 saturated heterocycles. The number of hydrogen-bond acceptors (Lipinski definition) is 2. The monoisotopic (exact) mass is 628 g/mol. The summed E-state index contributed by atoms with van der Waals surface area (Å²) in [6, 6.07) is 56.2. The average molecular weight is 629 g/mol. The van der Waals surface area contributed by atoms with Crippen molar-refractivity contribution in [2.45, 2.75) is 27.7 Å². The Labute approximate surface area is 290 Å². The second kappa shape index (κ2) is 11.4. The highest BCUT2D eigenvalue weighted by molar-refractivity contribution is 7.00. The van der Waals surface area contributed by atoms with Gasteiger partial charge < -0.3 is 9.80 Å². The Morgan fingerprint density at radius 3 is 1.57 bits per heavy atom. The molecule has 0 aliphatic carbocycles. The van der Waals surface area contributed by atoms with Crippen molar-refractivity contribution >= 4 is 57.2 Å². The summed E-state index contributed by atoms with van der Waals surface area (Å²) >= 11 is 0. The van der Waals surface area contributed by atoms with Gasteiger partial charge in [0.1, 0.15) is 0 Å². The zero-order valence-electron chi connectivity index (χ0n) is 28.4. The lowest BCUT2D eigenvalue weighted by molar-refractivity contribution is 1.23. The standard InChI is InChI=1S/C46H37BN2/c1-30-24-31(2)27-39(26-30)49-43-17-11-16-42-46(43)47(45-33(4)25-32(3)28-44(45)49)40-29-37(35-14-9-6-10-15-35)20-23-41(40)48(42)38-21-18-36(19-22-38)34-12-7-5-8-13-34/h5-29H,1-4H3. The van der Waals surface area contributed by atoms with Crippen molar-refractivity contribution in [2.75, 3.05) is 9.80 Å². The van der Waals surface area contributed by atoms with E-state index in [1.165, 1.54) is 89.3 Å². The first-order valence-corrected chi connectivity index (χ1v) is 17.2. The van der Waals surface area contributed by atoms with Gasteiger partial charge in [0.15, 0.2) is 0 Å². The lowest BCUT2D eigenvalue weighted by Gasteiger charge is -2.45. The molecule has 2 nitrogen and oxygen atoms in total. The topological polar surface area (TPSA) is 6.48 Å². The number of fused-ring (bicyclic) bond motifs is 4. The highest BCUT2D eigenvalue weighted by atomic mass is 15.2. The van der Waals surface area contributed by atoms with Crippen LogP contribution in [0.4, 0.5) is 34.1 Å². The third-order valence-corrected chi connectivity index (χ3v) is 10.3. The fourth-order valence-electron chi connectivity index (χ4n) is 8.33. The van der Waals surface area contributed by atoms with Gasteiger partial charge in [-0.15, -0.1) is 0 Å². The van der Waals surface area contributed by atoms with E-state index in [-0.39, 0.29) is 6.71 Å². The van der Waals surface area contributed by atoms with Crippen LogP contribution in [0.1, 0.15) is 22.3 Å².